The van der Waals surface area contributed by atoms with Gasteiger partial charge in [0.05, 0.1) is 12.3 Å². The van der Waals surface area contributed by atoms with Crippen molar-refractivity contribution in [3.05, 3.63) is 50.8 Å². The number of nitrogens with zero attached hydrogens (tertiary/aromatic N) is 2. The van der Waals surface area contributed by atoms with E-state index in [-0.39, 0.29) is 5.97 Å². The SMILES string of the molecule is CCOC(=O)[C@@H](c1cc(Cl)cc(Cl)c1)N(CC)Cc1c(C)noc1C. The van der Waals surface area contributed by atoms with E-state index in [0.29, 0.717) is 35.3 Å². The van der Waals surface area contributed by atoms with Crippen LogP contribution in [-0.4, -0.2) is 29.2 Å². The normalized spacial score (nSPS) is 12.4. The van der Waals surface area contributed by atoms with Gasteiger partial charge in [-0.25, -0.2) is 4.79 Å². The van der Waals surface area contributed by atoms with Crippen LogP contribution in [0.5, 0.6) is 0 Å². The summed E-state index contributed by atoms with van der Waals surface area (Å²) in [6, 6.07) is 4.50. The third-order valence-electron chi connectivity index (χ3n) is 4.02. The van der Waals surface area contributed by atoms with E-state index >= 15 is 0 Å². The number of halogens is 2. The molecule has 0 saturated heterocycles. The average molecular weight is 385 g/mol. The van der Waals surface area contributed by atoms with Crippen LogP contribution in [0.2, 0.25) is 10.0 Å². The molecule has 0 saturated carbocycles. The van der Waals surface area contributed by atoms with E-state index in [9.17, 15) is 4.79 Å². The lowest BCUT2D eigenvalue weighted by Gasteiger charge is -2.29. The minimum absolute atomic E-state index is 0.298. The summed E-state index contributed by atoms with van der Waals surface area (Å²) >= 11 is 12.3. The summed E-state index contributed by atoms with van der Waals surface area (Å²) in [6.07, 6.45) is 0. The number of rotatable bonds is 7. The zero-order valence-corrected chi connectivity index (χ0v) is 16.3. The highest BCUT2D eigenvalue weighted by Gasteiger charge is 2.30. The molecular formula is C18H22Cl2N2O3. The molecule has 0 fully saturated rings. The predicted octanol–water partition coefficient (Wildman–Crippen LogP) is 4.72. The van der Waals surface area contributed by atoms with Crippen LogP contribution in [0.1, 0.15) is 42.5 Å². The first-order valence-corrected chi connectivity index (χ1v) is 8.91. The molecule has 1 aromatic carbocycles. The lowest BCUT2D eigenvalue weighted by atomic mass is 10.0. The molecular weight excluding hydrogens is 363 g/mol. The summed E-state index contributed by atoms with van der Waals surface area (Å²) < 4.78 is 10.5. The molecule has 25 heavy (non-hydrogen) atoms. The van der Waals surface area contributed by atoms with Crippen molar-refractivity contribution in [3.63, 3.8) is 0 Å². The molecule has 0 spiro atoms. The van der Waals surface area contributed by atoms with Gasteiger partial charge in [0, 0.05) is 22.2 Å². The van der Waals surface area contributed by atoms with Gasteiger partial charge in [-0.2, -0.15) is 0 Å². The fourth-order valence-electron chi connectivity index (χ4n) is 2.77. The first-order valence-electron chi connectivity index (χ1n) is 8.15. The number of carbonyl (C=O) groups excluding carboxylic acids is 1. The first-order chi connectivity index (χ1) is 11.9. The molecule has 2 rings (SSSR count). The molecule has 2 aromatic rings. The lowest BCUT2D eigenvalue weighted by Crippen LogP contribution is -2.35. The Labute approximate surface area is 157 Å². The molecule has 5 nitrogen and oxygen atoms in total. The zero-order valence-electron chi connectivity index (χ0n) is 14.8. The third-order valence-corrected chi connectivity index (χ3v) is 4.46. The summed E-state index contributed by atoms with van der Waals surface area (Å²) in [6.45, 7) is 8.94. The predicted molar refractivity (Wildman–Crippen MR) is 97.9 cm³/mol. The molecule has 0 N–H and O–H groups in total. The van der Waals surface area contributed by atoms with Crippen LogP contribution in [0, 0.1) is 13.8 Å². The molecule has 0 bridgehead atoms. The molecule has 0 aliphatic heterocycles. The van der Waals surface area contributed by atoms with Gasteiger partial charge in [-0.05, 0) is 51.1 Å². The maximum Gasteiger partial charge on any atom is 0.328 e. The Morgan fingerprint density at radius 2 is 1.88 bits per heavy atom. The van der Waals surface area contributed by atoms with E-state index in [1.807, 2.05) is 25.7 Å². The maximum absolute atomic E-state index is 12.7. The van der Waals surface area contributed by atoms with Crippen LogP contribution in [0.15, 0.2) is 22.7 Å². The quantitative estimate of drug-likeness (QED) is 0.646. The van der Waals surface area contributed by atoms with E-state index in [1.165, 1.54) is 0 Å². The smallest absolute Gasteiger partial charge is 0.328 e. The van der Waals surface area contributed by atoms with Crippen LogP contribution >= 0.6 is 23.2 Å². The second-order valence-electron chi connectivity index (χ2n) is 5.72. The van der Waals surface area contributed by atoms with Crippen molar-refractivity contribution in [3.8, 4) is 0 Å². The van der Waals surface area contributed by atoms with Gasteiger partial charge in [0.1, 0.15) is 11.8 Å². The number of ether oxygens (including phenoxy) is 1. The molecule has 1 aromatic heterocycles. The van der Waals surface area contributed by atoms with E-state index in [4.69, 9.17) is 32.5 Å². The van der Waals surface area contributed by atoms with Gasteiger partial charge in [0.15, 0.2) is 0 Å². The van der Waals surface area contributed by atoms with Gasteiger partial charge in [-0.1, -0.05) is 35.3 Å². The Kier molecular flexibility index (Phi) is 6.87. The van der Waals surface area contributed by atoms with Crippen molar-refractivity contribution in [1.82, 2.24) is 10.1 Å². The highest BCUT2D eigenvalue weighted by atomic mass is 35.5. The zero-order chi connectivity index (χ0) is 18.6. The van der Waals surface area contributed by atoms with Crippen molar-refractivity contribution in [2.45, 2.75) is 40.3 Å². The van der Waals surface area contributed by atoms with E-state index in [1.54, 1.807) is 25.1 Å². The number of aryl methyl sites for hydroxylation is 2. The highest BCUT2D eigenvalue weighted by molar-refractivity contribution is 6.34. The Hall–Kier alpha value is -1.56. The largest absolute Gasteiger partial charge is 0.465 e. The minimum atomic E-state index is -0.616. The van der Waals surface area contributed by atoms with E-state index < -0.39 is 6.04 Å². The Morgan fingerprint density at radius 1 is 1.24 bits per heavy atom. The Morgan fingerprint density at radius 3 is 2.36 bits per heavy atom. The summed E-state index contributed by atoms with van der Waals surface area (Å²) in [5.74, 6) is 0.400. The molecule has 0 amide bonds. The van der Waals surface area contributed by atoms with Crippen molar-refractivity contribution >= 4 is 29.2 Å². The Bertz CT molecular complexity index is 706. The second kappa shape index (κ2) is 8.70. The topological polar surface area (TPSA) is 55.6 Å². The van der Waals surface area contributed by atoms with Crippen molar-refractivity contribution in [1.29, 1.82) is 0 Å². The fourth-order valence-corrected chi connectivity index (χ4v) is 3.31. The molecule has 0 radical (unpaired) electrons. The second-order valence-corrected chi connectivity index (χ2v) is 6.60. The molecule has 0 aliphatic carbocycles. The number of aromatic nitrogens is 1. The van der Waals surface area contributed by atoms with Gasteiger partial charge >= 0.3 is 5.97 Å². The van der Waals surface area contributed by atoms with Gasteiger partial charge in [-0.3, -0.25) is 4.90 Å². The fraction of sp³-hybridized carbons (Fsp3) is 0.444. The van der Waals surface area contributed by atoms with Crippen LogP contribution in [0.25, 0.3) is 0 Å². The van der Waals surface area contributed by atoms with E-state index in [2.05, 4.69) is 5.16 Å². The molecule has 7 heteroatoms. The summed E-state index contributed by atoms with van der Waals surface area (Å²) in [7, 11) is 0. The average Bonchev–Trinajstić information content (AvgIpc) is 2.85. The van der Waals surface area contributed by atoms with Crippen LogP contribution in [-0.2, 0) is 16.1 Å². The molecule has 1 atom stereocenters. The van der Waals surface area contributed by atoms with Crippen molar-refractivity contribution < 1.29 is 14.1 Å². The minimum Gasteiger partial charge on any atom is -0.465 e. The monoisotopic (exact) mass is 384 g/mol. The Balaban J connectivity index is 2.43. The maximum atomic E-state index is 12.7. The number of benzene rings is 1. The first kappa shape index (κ1) is 19.8. The van der Waals surface area contributed by atoms with Crippen LogP contribution in [0.3, 0.4) is 0 Å². The highest BCUT2D eigenvalue weighted by Crippen LogP contribution is 2.30. The summed E-state index contributed by atoms with van der Waals surface area (Å²) in [5.41, 5.74) is 2.47. The van der Waals surface area contributed by atoms with Crippen LogP contribution < -0.4 is 0 Å². The van der Waals surface area contributed by atoms with Crippen LogP contribution in [0.4, 0.5) is 0 Å². The van der Waals surface area contributed by atoms with Gasteiger partial charge in [0.25, 0.3) is 0 Å². The molecule has 136 valence electrons. The number of esters is 1. The van der Waals surface area contributed by atoms with E-state index in [0.717, 1.165) is 17.0 Å². The summed E-state index contributed by atoms with van der Waals surface area (Å²) in [4.78, 5) is 14.7. The number of carbonyl (C=O) groups is 1. The molecule has 0 aliphatic rings. The molecule has 1 heterocycles. The van der Waals surface area contributed by atoms with Gasteiger partial charge in [0.2, 0.25) is 0 Å². The lowest BCUT2D eigenvalue weighted by molar-refractivity contribution is -0.150. The summed E-state index contributed by atoms with van der Waals surface area (Å²) in [5, 5.41) is 4.94. The molecule has 0 unspecified atom stereocenters. The third kappa shape index (κ3) is 4.75. The van der Waals surface area contributed by atoms with Gasteiger partial charge in [-0.15, -0.1) is 0 Å². The van der Waals surface area contributed by atoms with Crippen molar-refractivity contribution in [2.24, 2.45) is 0 Å². The number of hydrogen-bond donors (Lipinski definition) is 0. The number of hydrogen-bond acceptors (Lipinski definition) is 5. The standard InChI is InChI=1S/C18H22Cl2N2O3/c1-5-22(10-16-11(3)21-25-12(16)4)17(18(23)24-6-2)13-7-14(19)9-15(20)8-13/h7-9,17H,5-6,10H2,1-4H3/t17-/m1/s1. The number of likely N-dealkylation sites (N-methyl/N-ethyl adjacent to an activating group) is 1. The van der Waals surface area contributed by atoms with Gasteiger partial charge < -0.3 is 9.26 Å². The van der Waals surface area contributed by atoms with Crippen molar-refractivity contribution in [2.75, 3.05) is 13.2 Å².